The van der Waals surface area contributed by atoms with Gasteiger partial charge in [0.15, 0.2) is 0 Å². The molecule has 0 aliphatic carbocycles. The summed E-state index contributed by atoms with van der Waals surface area (Å²) in [7, 11) is -0.789. The Labute approximate surface area is 115 Å². The molecule has 1 atom stereocenters. The van der Waals surface area contributed by atoms with Crippen LogP contribution in [0, 0.1) is 0 Å². The van der Waals surface area contributed by atoms with Gasteiger partial charge < -0.3 is 5.73 Å². The van der Waals surface area contributed by atoms with Crippen molar-refractivity contribution in [2.45, 2.75) is 32.1 Å². The van der Waals surface area contributed by atoms with Gasteiger partial charge in [-0.2, -0.15) is 8.42 Å². The van der Waals surface area contributed by atoms with Crippen LogP contribution in [0.3, 0.4) is 0 Å². The SMILES string of the molecule is C=C(C)C(=O)[N+](C)(C)C(CCN)S(=O)(=O)OCCC. The highest BCUT2D eigenvalue weighted by molar-refractivity contribution is 7.87. The van der Waals surface area contributed by atoms with Crippen molar-refractivity contribution in [3.05, 3.63) is 12.2 Å². The molecule has 19 heavy (non-hydrogen) atoms. The average molecular weight is 293 g/mol. The van der Waals surface area contributed by atoms with Crippen molar-refractivity contribution in [3.63, 3.8) is 0 Å². The zero-order chi connectivity index (χ0) is 15.3. The van der Waals surface area contributed by atoms with Gasteiger partial charge >= 0.3 is 16.0 Å². The lowest BCUT2D eigenvalue weighted by Crippen LogP contribution is -2.57. The third-order valence-corrected chi connectivity index (χ3v) is 4.73. The monoisotopic (exact) mass is 293 g/mol. The molecule has 0 saturated carbocycles. The third-order valence-electron chi connectivity index (χ3n) is 2.81. The molecule has 1 amide bonds. The molecule has 0 aromatic carbocycles. The van der Waals surface area contributed by atoms with E-state index in [9.17, 15) is 13.2 Å². The maximum absolute atomic E-state index is 12.2. The van der Waals surface area contributed by atoms with E-state index in [0.29, 0.717) is 12.0 Å². The summed E-state index contributed by atoms with van der Waals surface area (Å²) in [6.07, 6.45) is 0.731. The van der Waals surface area contributed by atoms with Crippen LogP contribution in [0.25, 0.3) is 0 Å². The van der Waals surface area contributed by atoms with Crippen LogP contribution in [-0.2, 0) is 19.1 Å². The van der Waals surface area contributed by atoms with Crippen LogP contribution < -0.4 is 5.73 Å². The first-order chi connectivity index (χ1) is 8.61. The van der Waals surface area contributed by atoms with Crippen LogP contribution in [-0.4, -0.2) is 51.4 Å². The maximum atomic E-state index is 12.2. The zero-order valence-corrected chi connectivity index (χ0v) is 13.0. The predicted octanol–water partition coefficient (Wildman–Crippen LogP) is 0.597. The summed E-state index contributed by atoms with van der Waals surface area (Å²) in [4.78, 5) is 12.1. The molecule has 0 aromatic heterocycles. The molecule has 0 aliphatic rings. The van der Waals surface area contributed by atoms with Crippen molar-refractivity contribution in [2.75, 3.05) is 27.2 Å². The molecular formula is C12H25N2O4S+. The maximum Gasteiger partial charge on any atom is 0.341 e. The fraction of sp³-hybridized carbons (Fsp3) is 0.750. The van der Waals surface area contributed by atoms with E-state index in [2.05, 4.69) is 6.58 Å². The van der Waals surface area contributed by atoms with E-state index in [-0.39, 0.29) is 30.0 Å². The van der Waals surface area contributed by atoms with Crippen molar-refractivity contribution in [2.24, 2.45) is 5.73 Å². The minimum absolute atomic E-state index is 0.102. The predicted molar refractivity (Wildman–Crippen MR) is 74.6 cm³/mol. The van der Waals surface area contributed by atoms with Gasteiger partial charge in [0, 0.05) is 12.0 Å². The van der Waals surface area contributed by atoms with Crippen molar-refractivity contribution < 1.29 is 21.9 Å². The fourth-order valence-corrected chi connectivity index (χ4v) is 3.56. The number of likely N-dealkylation sites (N-methyl/N-ethyl adjacent to an activating group) is 1. The molecule has 0 radical (unpaired) electrons. The average Bonchev–Trinajstić information content (AvgIpc) is 2.31. The lowest BCUT2D eigenvalue weighted by molar-refractivity contribution is -0.824. The van der Waals surface area contributed by atoms with Crippen LogP contribution in [0.1, 0.15) is 26.7 Å². The summed E-state index contributed by atoms with van der Waals surface area (Å²) in [5.41, 5.74) is 5.77. The highest BCUT2D eigenvalue weighted by atomic mass is 32.2. The Hall–Kier alpha value is -0.760. The van der Waals surface area contributed by atoms with Gasteiger partial charge in [0.1, 0.15) is 0 Å². The van der Waals surface area contributed by atoms with E-state index in [4.69, 9.17) is 9.92 Å². The quantitative estimate of drug-likeness (QED) is 0.402. The highest BCUT2D eigenvalue weighted by Gasteiger charge is 2.45. The second kappa shape index (κ2) is 7.14. The Kier molecular flexibility index (Phi) is 6.85. The van der Waals surface area contributed by atoms with Gasteiger partial charge in [0.25, 0.3) is 0 Å². The lowest BCUT2D eigenvalue weighted by atomic mass is 10.2. The lowest BCUT2D eigenvalue weighted by Gasteiger charge is -2.34. The molecule has 0 fully saturated rings. The number of amides is 1. The van der Waals surface area contributed by atoms with Gasteiger partial charge in [-0.05, 0) is 19.9 Å². The molecule has 6 nitrogen and oxygen atoms in total. The molecule has 0 saturated heterocycles. The summed E-state index contributed by atoms with van der Waals surface area (Å²) < 4.78 is 28.9. The minimum atomic E-state index is -3.85. The molecule has 0 spiro atoms. The Morgan fingerprint density at radius 3 is 2.32 bits per heavy atom. The number of hydrogen-bond acceptors (Lipinski definition) is 5. The first-order valence-corrected chi connectivity index (χ1v) is 7.70. The third kappa shape index (κ3) is 4.68. The van der Waals surface area contributed by atoms with E-state index in [1.807, 2.05) is 6.92 Å². The van der Waals surface area contributed by atoms with Gasteiger partial charge in [-0.1, -0.05) is 13.5 Å². The molecule has 7 heteroatoms. The van der Waals surface area contributed by atoms with Crippen molar-refractivity contribution in [1.29, 1.82) is 0 Å². The number of quaternary nitrogens is 1. The zero-order valence-electron chi connectivity index (χ0n) is 12.2. The Morgan fingerprint density at radius 2 is 1.95 bits per heavy atom. The van der Waals surface area contributed by atoms with E-state index >= 15 is 0 Å². The Balaban J connectivity index is 5.42. The second-order valence-corrected chi connectivity index (χ2v) is 6.74. The van der Waals surface area contributed by atoms with Gasteiger partial charge in [-0.25, -0.2) is 9.28 Å². The van der Waals surface area contributed by atoms with E-state index in [0.717, 1.165) is 0 Å². The summed E-state index contributed by atoms with van der Waals surface area (Å²) >= 11 is 0. The minimum Gasteiger partial charge on any atom is -0.330 e. The summed E-state index contributed by atoms with van der Waals surface area (Å²) in [5.74, 6) is -0.345. The van der Waals surface area contributed by atoms with Crippen LogP contribution in [0.15, 0.2) is 12.2 Å². The van der Waals surface area contributed by atoms with Gasteiger partial charge in [-0.15, -0.1) is 0 Å². The number of carbonyl (C=O) groups is 1. The number of nitrogens with zero attached hydrogens (tertiary/aromatic N) is 1. The smallest absolute Gasteiger partial charge is 0.330 e. The summed E-state index contributed by atoms with van der Waals surface area (Å²) in [5, 5.41) is -1.02. The van der Waals surface area contributed by atoms with Crippen molar-refractivity contribution in [1.82, 2.24) is 0 Å². The van der Waals surface area contributed by atoms with E-state index < -0.39 is 15.5 Å². The standard InChI is InChI=1S/C12H25N2O4S/c1-6-9-18-19(16,17)11(7-8-13)14(4,5)12(15)10(2)3/h11H,2,6-9,13H2,1,3-5H3/q+1. The molecule has 0 heterocycles. The van der Waals surface area contributed by atoms with Gasteiger partial charge in [-0.3, -0.25) is 4.18 Å². The fourth-order valence-electron chi connectivity index (χ4n) is 1.83. The number of hydrogen-bond donors (Lipinski definition) is 1. The second-order valence-electron chi connectivity index (χ2n) is 4.97. The van der Waals surface area contributed by atoms with Gasteiger partial charge in [0.05, 0.1) is 20.7 Å². The molecule has 1 unspecified atom stereocenters. The van der Waals surface area contributed by atoms with Crippen LogP contribution in [0.5, 0.6) is 0 Å². The molecule has 0 rings (SSSR count). The van der Waals surface area contributed by atoms with Crippen LogP contribution >= 0.6 is 0 Å². The molecule has 0 bridgehead atoms. The highest BCUT2D eigenvalue weighted by Crippen LogP contribution is 2.21. The first-order valence-electron chi connectivity index (χ1n) is 6.23. The Morgan fingerprint density at radius 1 is 1.42 bits per heavy atom. The van der Waals surface area contributed by atoms with Gasteiger partial charge in [0.2, 0.25) is 5.37 Å². The van der Waals surface area contributed by atoms with E-state index in [1.165, 1.54) is 14.1 Å². The molecule has 2 N–H and O–H groups in total. The topological polar surface area (TPSA) is 86.5 Å². The van der Waals surface area contributed by atoms with Crippen LogP contribution in [0.4, 0.5) is 0 Å². The Bertz CT molecular complexity index is 429. The molecule has 0 aromatic rings. The van der Waals surface area contributed by atoms with Crippen molar-refractivity contribution in [3.8, 4) is 0 Å². The normalized spacial score (nSPS) is 14.2. The molecule has 0 aliphatic heterocycles. The number of carbonyl (C=O) groups excluding carboxylic acids is 1. The van der Waals surface area contributed by atoms with E-state index in [1.54, 1.807) is 6.92 Å². The largest absolute Gasteiger partial charge is 0.341 e. The summed E-state index contributed by atoms with van der Waals surface area (Å²) in [6.45, 7) is 7.20. The number of rotatable bonds is 8. The number of nitrogens with two attached hydrogens (primary N) is 1. The first kappa shape index (κ1) is 18.2. The molecular weight excluding hydrogens is 268 g/mol. The van der Waals surface area contributed by atoms with Crippen molar-refractivity contribution >= 4 is 16.0 Å². The van der Waals surface area contributed by atoms with Crippen LogP contribution in [0.2, 0.25) is 0 Å². The molecule has 112 valence electrons. The summed E-state index contributed by atoms with van der Waals surface area (Å²) in [6, 6.07) is 0.